The van der Waals surface area contributed by atoms with Gasteiger partial charge in [-0.05, 0) is 88.6 Å². The molecule has 1 fully saturated rings. The number of rotatable bonds is 14. The third kappa shape index (κ3) is 10.5. The van der Waals surface area contributed by atoms with Gasteiger partial charge in [0, 0.05) is 50.6 Å². The number of nitrogens with one attached hydrogen (secondary N) is 2. The molecule has 4 nitrogen and oxygen atoms in total. The highest BCUT2D eigenvalue weighted by molar-refractivity contribution is 5.61. The summed E-state index contributed by atoms with van der Waals surface area (Å²) in [5, 5.41) is 7.19. The Kier molecular flexibility index (Phi) is 13.6. The lowest BCUT2D eigenvalue weighted by atomic mass is 10.1. The third-order valence-corrected chi connectivity index (χ3v) is 7.65. The van der Waals surface area contributed by atoms with Crippen LogP contribution < -0.4 is 15.5 Å². The lowest BCUT2D eigenvalue weighted by molar-refractivity contribution is 0.390. The van der Waals surface area contributed by atoms with Gasteiger partial charge in [0.05, 0.1) is 11.4 Å². The molecule has 2 N–H and O–H groups in total. The highest BCUT2D eigenvalue weighted by Gasteiger charge is 2.15. The van der Waals surface area contributed by atoms with Crippen molar-refractivity contribution in [3.8, 4) is 0 Å². The molecule has 0 amide bonds. The van der Waals surface area contributed by atoms with Gasteiger partial charge in [-0.15, -0.1) is 5.73 Å². The van der Waals surface area contributed by atoms with Gasteiger partial charge >= 0.3 is 0 Å². The summed E-state index contributed by atoms with van der Waals surface area (Å²) >= 11 is 0. The molecular formula is C36H51FN4. The Balaban J connectivity index is 0.000000278. The fourth-order valence-corrected chi connectivity index (χ4v) is 5.47. The monoisotopic (exact) mass is 558 g/mol. The molecule has 0 atom stereocenters. The van der Waals surface area contributed by atoms with Gasteiger partial charge in [-0.25, -0.2) is 4.39 Å². The third-order valence-electron chi connectivity index (χ3n) is 7.65. The molecule has 0 saturated carbocycles. The van der Waals surface area contributed by atoms with Crippen LogP contribution in [0.2, 0.25) is 0 Å². The number of hydrogen-bond acceptors (Lipinski definition) is 4. The molecule has 0 aromatic heterocycles. The number of allylic oxidation sites excluding steroid dienone is 4. The molecule has 0 unspecified atom stereocenters. The van der Waals surface area contributed by atoms with Gasteiger partial charge in [-0.3, -0.25) is 0 Å². The zero-order chi connectivity index (χ0) is 29.5. The van der Waals surface area contributed by atoms with E-state index < -0.39 is 0 Å². The Bertz CT molecular complexity index is 1200. The summed E-state index contributed by atoms with van der Waals surface area (Å²) in [6.45, 7) is 18.5. The van der Waals surface area contributed by atoms with Crippen molar-refractivity contribution < 1.29 is 4.39 Å². The van der Waals surface area contributed by atoms with Crippen LogP contribution >= 0.6 is 0 Å². The molecule has 0 bridgehead atoms. The summed E-state index contributed by atoms with van der Waals surface area (Å²) in [5.74, 6) is -0.116. The van der Waals surface area contributed by atoms with E-state index >= 15 is 0 Å². The normalized spacial score (nSPS) is 14.2. The van der Waals surface area contributed by atoms with Crippen molar-refractivity contribution in [2.24, 2.45) is 0 Å². The van der Waals surface area contributed by atoms with Gasteiger partial charge in [0.1, 0.15) is 5.82 Å². The molecule has 1 saturated heterocycles. The first-order valence-electron chi connectivity index (χ1n) is 15.5. The number of halogens is 1. The average molecular weight is 559 g/mol. The summed E-state index contributed by atoms with van der Waals surface area (Å²) in [7, 11) is 0. The maximum Gasteiger partial charge on any atom is 0.146 e. The lowest BCUT2D eigenvalue weighted by Crippen LogP contribution is -2.25. The number of para-hydroxylation sites is 1. The van der Waals surface area contributed by atoms with Crippen LogP contribution in [0.4, 0.5) is 21.5 Å². The number of hydrogen-bond donors (Lipinski definition) is 2. The van der Waals surface area contributed by atoms with E-state index in [1.807, 2.05) is 12.1 Å². The van der Waals surface area contributed by atoms with Gasteiger partial charge in [-0.1, -0.05) is 61.9 Å². The Hall–Kier alpha value is -3.43. The minimum absolute atomic E-state index is 0.116. The molecule has 222 valence electrons. The minimum atomic E-state index is -0.116. The zero-order valence-corrected chi connectivity index (χ0v) is 25.9. The van der Waals surface area contributed by atoms with Gasteiger partial charge in [0.25, 0.3) is 0 Å². The molecule has 4 rings (SSSR count). The molecule has 2 aliphatic rings. The Morgan fingerprint density at radius 1 is 1.00 bits per heavy atom. The second kappa shape index (κ2) is 17.4. The van der Waals surface area contributed by atoms with Gasteiger partial charge in [0.15, 0.2) is 0 Å². The van der Waals surface area contributed by atoms with Crippen LogP contribution in [0, 0.1) is 12.7 Å². The van der Waals surface area contributed by atoms with Crippen molar-refractivity contribution in [2.75, 3.05) is 54.8 Å². The van der Waals surface area contributed by atoms with Crippen LogP contribution in [0.25, 0.3) is 0 Å². The smallest absolute Gasteiger partial charge is 0.146 e. The molecule has 1 aliphatic carbocycles. The predicted octanol–water partition coefficient (Wildman–Crippen LogP) is 9.09. The van der Waals surface area contributed by atoms with Crippen molar-refractivity contribution in [3.05, 3.63) is 95.2 Å². The summed E-state index contributed by atoms with van der Waals surface area (Å²) < 4.78 is 13.4. The topological polar surface area (TPSA) is 30.5 Å². The van der Waals surface area contributed by atoms with E-state index in [1.165, 1.54) is 46.3 Å². The average Bonchev–Trinajstić information content (AvgIpc) is 3.61. The largest absolute Gasteiger partial charge is 0.385 e. The first-order valence-corrected chi connectivity index (χ1v) is 15.5. The SMILES string of the molecule is C=C=C1CCCN1CCCNc1ccc(C)c(NCCC2=CC=C(C)C2)c1.CCCN(CCC)c1ccccc1F. The zero-order valence-electron chi connectivity index (χ0n) is 25.9. The molecule has 1 aliphatic heterocycles. The van der Waals surface area contributed by atoms with E-state index in [-0.39, 0.29) is 5.82 Å². The van der Waals surface area contributed by atoms with Crippen molar-refractivity contribution in [1.82, 2.24) is 4.90 Å². The predicted molar refractivity (Wildman–Crippen MR) is 177 cm³/mol. The molecule has 41 heavy (non-hydrogen) atoms. The van der Waals surface area contributed by atoms with E-state index in [0.29, 0.717) is 0 Å². The van der Waals surface area contributed by atoms with Crippen LogP contribution in [0.3, 0.4) is 0 Å². The van der Waals surface area contributed by atoms with Crippen LogP contribution in [-0.2, 0) is 0 Å². The Labute approximate surface area is 248 Å². The van der Waals surface area contributed by atoms with E-state index in [9.17, 15) is 4.39 Å². The van der Waals surface area contributed by atoms with Gasteiger partial charge in [0.2, 0.25) is 0 Å². The highest BCUT2D eigenvalue weighted by atomic mass is 19.1. The van der Waals surface area contributed by atoms with E-state index in [1.54, 1.807) is 6.07 Å². The van der Waals surface area contributed by atoms with E-state index in [0.717, 1.165) is 83.5 Å². The molecule has 0 radical (unpaired) electrons. The second-order valence-electron chi connectivity index (χ2n) is 11.2. The lowest BCUT2D eigenvalue weighted by Gasteiger charge is -2.23. The van der Waals surface area contributed by atoms with Crippen LogP contribution in [-0.4, -0.2) is 44.2 Å². The van der Waals surface area contributed by atoms with Crippen molar-refractivity contribution in [1.29, 1.82) is 0 Å². The maximum absolute atomic E-state index is 13.4. The minimum Gasteiger partial charge on any atom is -0.385 e. The number of likely N-dealkylation sites (tertiary alicyclic amines) is 1. The highest BCUT2D eigenvalue weighted by Crippen LogP contribution is 2.24. The molecule has 0 spiro atoms. The first kappa shape index (κ1) is 32.1. The number of aryl methyl sites for hydroxylation is 1. The van der Waals surface area contributed by atoms with Crippen molar-refractivity contribution in [3.63, 3.8) is 0 Å². The van der Waals surface area contributed by atoms with Crippen LogP contribution in [0.5, 0.6) is 0 Å². The van der Waals surface area contributed by atoms with E-state index in [2.05, 4.69) is 90.8 Å². The number of nitrogens with zero attached hydrogens (tertiary/aromatic N) is 2. The molecule has 2 aromatic carbocycles. The molecular weight excluding hydrogens is 507 g/mol. The maximum atomic E-state index is 13.4. The Morgan fingerprint density at radius 2 is 1.78 bits per heavy atom. The van der Waals surface area contributed by atoms with Gasteiger partial charge in [-0.2, -0.15) is 0 Å². The summed E-state index contributed by atoms with van der Waals surface area (Å²) in [6, 6.07) is 13.6. The standard InChI is InChI=1S/C24H33N3.C12H18FN/c1-4-23-7-5-15-27(23)16-6-13-25-22-11-9-20(3)24(18-22)26-14-12-21-10-8-19(2)17-21;1-3-9-14(10-4-2)12-8-6-5-7-11(12)13/h8-11,18,25-26H,1,5-7,12-17H2,2-3H3;5-8H,3-4,9-10H2,1-2H3. The Morgan fingerprint density at radius 3 is 2.46 bits per heavy atom. The fraction of sp³-hybridized carbons (Fsp3) is 0.472. The molecule has 2 aromatic rings. The van der Waals surface area contributed by atoms with Crippen LogP contribution in [0.15, 0.2) is 83.8 Å². The van der Waals surface area contributed by atoms with Gasteiger partial charge < -0.3 is 20.4 Å². The number of benzene rings is 2. The van der Waals surface area contributed by atoms with Crippen molar-refractivity contribution >= 4 is 17.1 Å². The summed E-state index contributed by atoms with van der Waals surface area (Å²) in [4.78, 5) is 4.53. The van der Waals surface area contributed by atoms with E-state index in [4.69, 9.17) is 0 Å². The fourth-order valence-electron chi connectivity index (χ4n) is 5.47. The second-order valence-corrected chi connectivity index (χ2v) is 11.2. The molecule has 5 heteroatoms. The summed E-state index contributed by atoms with van der Waals surface area (Å²) in [6.07, 6.45) is 12.4. The molecule has 1 heterocycles. The first-order chi connectivity index (χ1) is 19.9. The number of anilines is 3. The quantitative estimate of drug-likeness (QED) is 0.179. The van der Waals surface area contributed by atoms with Crippen LogP contribution in [0.1, 0.15) is 71.3 Å². The van der Waals surface area contributed by atoms with Crippen molar-refractivity contribution in [2.45, 2.75) is 72.6 Å². The summed E-state index contributed by atoms with van der Waals surface area (Å²) in [5.41, 5.74) is 11.8.